The smallest absolute Gasteiger partial charge is 0.308 e. The number of oxazole rings is 1. The predicted octanol–water partition coefficient (Wildman–Crippen LogP) is 1.90. The van der Waals surface area contributed by atoms with Gasteiger partial charge in [-0.3, -0.25) is 0 Å². The van der Waals surface area contributed by atoms with E-state index in [1.807, 2.05) is 13.8 Å². The van der Waals surface area contributed by atoms with E-state index < -0.39 is 0 Å². The van der Waals surface area contributed by atoms with Crippen molar-refractivity contribution in [1.29, 1.82) is 0 Å². The van der Waals surface area contributed by atoms with Gasteiger partial charge in [0.1, 0.15) is 12.0 Å². The van der Waals surface area contributed by atoms with Crippen molar-refractivity contribution in [3.05, 3.63) is 11.6 Å². The fourth-order valence-corrected chi connectivity index (χ4v) is 1.14. The summed E-state index contributed by atoms with van der Waals surface area (Å²) < 4.78 is 10.6. The maximum atomic E-state index is 10.1. The Bertz CT molecular complexity index is 294. The number of carbonyl (C=O) groups excluding carboxylic acids is 1. The zero-order valence-corrected chi connectivity index (χ0v) is 8.58. The Hall–Kier alpha value is -1.32. The summed E-state index contributed by atoms with van der Waals surface area (Å²) in [4.78, 5) is 14.3. The van der Waals surface area contributed by atoms with E-state index in [1.54, 1.807) is 0 Å². The first-order chi connectivity index (χ1) is 6.77. The molecule has 1 aromatic heterocycles. The van der Waals surface area contributed by atoms with Gasteiger partial charge in [-0.25, -0.2) is 4.98 Å². The highest BCUT2D eigenvalue weighted by Crippen LogP contribution is 2.19. The first kappa shape index (κ1) is 10.8. The number of unbranched alkanes of at least 4 members (excludes halogenated alkanes) is 1. The minimum Gasteiger partial charge on any atom is -0.464 e. The lowest BCUT2D eigenvalue weighted by Crippen LogP contribution is -1.90. The molecule has 4 heteroatoms. The second-order valence-corrected chi connectivity index (χ2v) is 2.97. The van der Waals surface area contributed by atoms with E-state index in [-0.39, 0.29) is 0 Å². The number of ether oxygens (including phenoxy) is 1. The minimum atomic E-state index is 0.494. The van der Waals surface area contributed by atoms with E-state index in [2.05, 4.69) is 4.98 Å². The van der Waals surface area contributed by atoms with Crippen molar-refractivity contribution >= 4 is 6.29 Å². The molecule has 1 rings (SSSR count). The van der Waals surface area contributed by atoms with E-state index in [1.165, 1.54) is 0 Å². The fraction of sp³-hybridized carbons (Fsp3) is 0.600. The quantitative estimate of drug-likeness (QED) is 0.516. The van der Waals surface area contributed by atoms with E-state index in [0.717, 1.165) is 18.4 Å². The van der Waals surface area contributed by atoms with Gasteiger partial charge in [0.05, 0.1) is 6.61 Å². The molecule has 1 heterocycles. The molecule has 1 aromatic rings. The third-order valence-electron chi connectivity index (χ3n) is 1.79. The average Bonchev–Trinajstić information content (AvgIpc) is 2.49. The first-order valence-electron chi connectivity index (χ1n) is 4.80. The van der Waals surface area contributed by atoms with Crippen LogP contribution in [0.3, 0.4) is 0 Å². The number of nitrogens with zero attached hydrogens (tertiary/aromatic N) is 1. The van der Waals surface area contributed by atoms with Crippen LogP contribution in [0.4, 0.5) is 0 Å². The van der Waals surface area contributed by atoms with Crippen LogP contribution < -0.4 is 4.74 Å². The molecule has 0 aliphatic heterocycles. The predicted molar refractivity (Wildman–Crippen MR) is 51.4 cm³/mol. The van der Waals surface area contributed by atoms with Crippen molar-refractivity contribution < 1.29 is 13.9 Å². The number of rotatable bonds is 6. The van der Waals surface area contributed by atoms with Gasteiger partial charge in [0.15, 0.2) is 5.89 Å². The average molecular weight is 197 g/mol. The van der Waals surface area contributed by atoms with Gasteiger partial charge in [0.25, 0.3) is 0 Å². The molecule has 78 valence electrons. The van der Waals surface area contributed by atoms with Gasteiger partial charge in [-0.05, 0) is 20.3 Å². The molecule has 0 aromatic carbocycles. The molecule has 0 radical (unpaired) electrons. The van der Waals surface area contributed by atoms with Crippen molar-refractivity contribution in [1.82, 2.24) is 4.98 Å². The van der Waals surface area contributed by atoms with Crippen LogP contribution >= 0.6 is 0 Å². The number of hydrogen-bond acceptors (Lipinski definition) is 4. The van der Waals surface area contributed by atoms with E-state index in [0.29, 0.717) is 31.3 Å². The standard InChI is InChI=1S/C10H15NO3/c1-3-13-10-8(2)11-9(14-10)6-4-5-7-12/h7H,3-6H2,1-2H3. The summed E-state index contributed by atoms with van der Waals surface area (Å²) in [5.74, 6) is 1.14. The number of aryl methyl sites for hydroxylation is 2. The fourth-order valence-electron chi connectivity index (χ4n) is 1.14. The van der Waals surface area contributed by atoms with Crippen molar-refractivity contribution in [3.8, 4) is 5.95 Å². The topological polar surface area (TPSA) is 52.3 Å². The molecule has 0 aliphatic carbocycles. The molecule has 0 fully saturated rings. The van der Waals surface area contributed by atoms with Crippen LogP contribution in [0.15, 0.2) is 4.42 Å². The van der Waals surface area contributed by atoms with Crippen LogP contribution in [0.2, 0.25) is 0 Å². The van der Waals surface area contributed by atoms with Crippen LogP contribution in [0.25, 0.3) is 0 Å². The summed E-state index contributed by atoms with van der Waals surface area (Å²) in [6.45, 7) is 4.32. The monoisotopic (exact) mass is 197 g/mol. The highest BCUT2D eigenvalue weighted by molar-refractivity contribution is 5.49. The molecule has 0 unspecified atom stereocenters. The summed E-state index contributed by atoms with van der Waals surface area (Å²) in [6.07, 6.45) is 2.91. The Morgan fingerprint density at radius 3 is 3.00 bits per heavy atom. The van der Waals surface area contributed by atoms with Crippen LogP contribution in [0.1, 0.15) is 31.4 Å². The van der Waals surface area contributed by atoms with Crippen LogP contribution in [0.5, 0.6) is 5.95 Å². The molecule has 0 saturated heterocycles. The largest absolute Gasteiger partial charge is 0.464 e. The Kier molecular flexibility index (Phi) is 4.16. The maximum Gasteiger partial charge on any atom is 0.308 e. The lowest BCUT2D eigenvalue weighted by molar-refractivity contribution is -0.107. The second-order valence-electron chi connectivity index (χ2n) is 2.97. The van der Waals surface area contributed by atoms with Crippen molar-refractivity contribution in [2.45, 2.75) is 33.1 Å². The molecule has 0 saturated carbocycles. The Morgan fingerprint density at radius 1 is 1.57 bits per heavy atom. The van der Waals surface area contributed by atoms with E-state index in [9.17, 15) is 4.79 Å². The third kappa shape index (κ3) is 2.87. The summed E-state index contributed by atoms with van der Waals surface area (Å²) in [6, 6.07) is 0. The third-order valence-corrected chi connectivity index (χ3v) is 1.79. The van der Waals surface area contributed by atoms with Crippen molar-refractivity contribution in [2.75, 3.05) is 6.61 Å². The zero-order chi connectivity index (χ0) is 10.4. The lowest BCUT2D eigenvalue weighted by atomic mass is 10.2. The molecule has 0 N–H and O–H groups in total. The highest BCUT2D eigenvalue weighted by atomic mass is 16.6. The van der Waals surface area contributed by atoms with E-state index in [4.69, 9.17) is 9.15 Å². The maximum absolute atomic E-state index is 10.1. The second kappa shape index (κ2) is 5.42. The van der Waals surface area contributed by atoms with Gasteiger partial charge < -0.3 is 13.9 Å². The van der Waals surface area contributed by atoms with Crippen LogP contribution in [0, 0.1) is 6.92 Å². The highest BCUT2D eigenvalue weighted by Gasteiger charge is 2.09. The molecule has 0 atom stereocenters. The number of aromatic nitrogens is 1. The number of hydrogen-bond donors (Lipinski definition) is 0. The van der Waals surface area contributed by atoms with Gasteiger partial charge in [0, 0.05) is 12.8 Å². The lowest BCUT2D eigenvalue weighted by Gasteiger charge is -1.96. The van der Waals surface area contributed by atoms with Gasteiger partial charge in [0.2, 0.25) is 0 Å². The van der Waals surface area contributed by atoms with Crippen LogP contribution in [-0.4, -0.2) is 17.9 Å². The summed E-state index contributed by atoms with van der Waals surface area (Å²) in [5, 5.41) is 0. The summed E-state index contributed by atoms with van der Waals surface area (Å²) >= 11 is 0. The van der Waals surface area contributed by atoms with Crippen molar-refractivity contribution in [2.24, 2.45) is 0 Å². The SMILES string of the molecule is CCOc1oc(CCCC=O)nc1C. The Balaban J connectivity index is 2.52. The molecule has 0 aliphatic rings. The molecular weight excluding hydrogens is 182 g/mol. The number of aldehydes is 1. The number of carbonyl (C=O) groups is 1. The Morgan fingerprint density at radius 2 is 2.36 bits per heavy atom. The molecule has 4 nitrogen and oxygen atoms in total. The first-order valence-corrected chi connectivity index (χ1v) is 4.80. The molecule has 0 bridgehead atoms. The summed E-state index contributed by atoms with van der Waals surface area (Å²) in [5.41, 5.74) is 0.771. The van der Waals surface area contributed by atoms with Crippen molar-refractivity contribution in [3.63, 3.8) is 0 Å². The molecule has 0 amide bonds. The molecule has 0 spiro atoms. The minimum absolute atomic E-state index is 0.494. The van der Waals surface area contributed by atoms with Gasteiger partial charge >= 0.3 is 5.95 Å². The van der Waals surface area contributed by atoms with Gasteiger partial charge in [-0.15, -0.1) is 0 Å². The van der Waals surface area contributed by atoms with Gasteiger partial charge in [-0.1, -0.05) is 0 Å². The normalized spacial score (nSPS) is 10.1. The summed E-state index contributed by atoms with van der Waals surface area (Å²) in [7, 11) is 0. The van der Waals surface area contributed by atoms with Gasteiger partial charge in [-0.2, -0.15) is 0 Å². The van der Waals surface area contributed by atoms with Crippen LogP contribution in [-0.2, 0) is 11.2 Å². The Labute approximate surface area is 83.3 Å². The van der Waals surface area contributed by atoms with E-state index >= 15 is 0 Å². The molecule has 14 heavy (non-hydrogen) atoms. The molecular formula is C10H15NO3. The zero-order valence-electron chi connectivity index (χ0n) is 8.58.